The minimum Gasteiger partial charge on any atom is -0.307 e. The molecule has 1 aliphatic heterocycles. The van der Waals surface area contributed by atoms with E-state index < -0.39 is 45.5 Å². The van der Waals surface area contributed by atoms with Gasteiger partial charge in [0, 0.05) is 24.4 Å². The molecule has 3 aromatic rings. The van der Waals surface area contributed by atoms with E-state index in [2.05, 4.69) is 10.3 Å². The van der Waals surface area contributed by atoms with Crippen molar-refractivity contribution in [2.45, 2.75) is 37.8 Å². The van der Waals surface area contributed by atoms with Gasteiger partial charge in [-0.3, -0.25) is 9.59 Å². The SMILES string of the molecule is CSc1c(F)cc(N2C(=O)N(Cc3ccnc(NC(=O)c4ccc(C)cc4)c3)C(C)(C)C2=O)c(F)c1F. The summed E-state index contributed by atoms with van der Waals surface area (Å²) >= 11 is 0.671. The van der Waals surface area contributed by atoms with Gasteiger partial charge in [0.05, 0.1) is 10.6 Å². The zero-order valence-electron chi connectivity index (χ0n) is 20.4. The molecular weight excluding hydrogens is 505 g/mol. The summed E-state index contributed by atoms with van der Waals surface area (Å²) in [6.07, 6.45) is 2.81. The number of benzene rings is 2. The van der Waals surface area contributed by atoms with Crippen LogP contribution in [0.3, 0.4) is 0 Å². The molecule has 0 bridgehead atoms. The number of urea groups is 1. The van der Waals surface area contributed by atoms with Gasteiger partial charge in [0.1, 0.15) is 17.2 Å². The second kappa shape index (κ2) is 9.89. The molecule has 7 nitrogen and oxygen atoms in total. The molecular formula is C26H23F3N4O3S. The number of carbonyl (C=O) groups is 3. The first-order valence-corrected chi connectivity index (χ1v) is 12.4. The molecule has 1 saturated heterocycles. The fourth-order valence-electron chi connectivity index (χ4n) is 3.95. The van der Waals surface area contributed by atoms with Crippen LogP contribution in [0.5, 0.6) is 0 Å². The molecule has 1 aromatic heterocycles. The van der Waals surface area contributed by atoms with Crippen LogP contribution in [0.25, 0.3) is 0 Å². The Morgan fingerprint density at radius 1 is 1.05 bits per heavy atom. The third-order valence-corrected chi connectivity index (χ3v) is 6.87. The van der Waals surface area contributed by atoms with Crippen molar-refractivity contribution in [2.75, 3.05) is 16.5 Å². The normalized spacial score (nSPS) is 14.9. The highest BCUT2D eigenvalue weighted by atomic mass is 32.2. The van der Waals surface area contributed by atoms with Crippen LogP contribution in [-0.4, -0.2) is 39.5 Å². The molecule has 0 radical (unpaired) electrons. The first kappa shape index (κ1) is 26.2. The van der Waals surface area contributed by atoms with Crippen molar-refractivity contribution in [3.63, 3.8) is 0 Å². The summed E-state index contributed by atoms with van der Waals surface area (Å²) < 4.78 is 43.6. The Bertz CT molecular complexity index is 1410. The summed E-state index contributed by atoms with van der Waals surface area (Å²) in [6, 6.07) is 9.79. The van der Waals surface area contributed by atoms with Crippen molar-refractivity contribution in [3.8, 4) is 0 Å². The standard InChI is InChI=1S/C26H23F3N4O3S/c1-14-5-7-16(8-6-14)23(34)31-19-11-15(9-10-30-19)13-32-25(36)33(24(35)26(32,2)3)18-12-17(27)22(37-4)21(29)20(18)28/h5-12H,13H2,1-4H3,(H,30,31,34). The van der Waals surface area contributed by atoms with Crippen molar-refractivity contribution >= 4 is 41.1 Å². The van der Waals surface area contributed by atoms with E-state index in [-0.39, 0.29) is 18.3 Å². The molecule has 1 aliphatic rings. The average Bonchev–Trinajstić information content (AvgIpc) is 3.01. The molecule has 0 saturated carbocycles. The molecule has 0 aliphatic carbocycles. The molecule has 1 fully saturated rings. The maximum absolute atomic E-state index is 14.8. The van der Waals surface area contributed by atoms with E-state index in [4.69, 9.17) is 0 Å². The summed E-state index contributed by atoms with van der Waals surface area (Å²) in [7, 11) is 0. The van der Waals surface area contributed by atoms with Gasteiger partial charge in [-0.25, -0.2) is 27.8 Å². The molecule has 1 N–H and O–H groups in total. The monoisotopic (exact) mass is 528 g/mol. The van der Waals surface area contributed by atoms with Gasteiger partial charge in [-0.15, -0.1) is 11.8 Å². The van der Waals surface area contributed by atoms with Crippen molar-refractivity contribution in [1.82, 2.24) is 9.88 Å². The summed E-state index contributed by atoms with van der Waals surface area (Å²) in [5.74, 6) is -5.04. The maximum atomic E-state index is 14.8. The van der Waals surface area contributed by atoms with Crippen molar-refractivity contribution < 1.29 is 27.6 Å². The number of thioether (sulfide) groups is 1. The second-order valence-electron chi connectivity index (χ2n) is 8.98. The lowest BCUT2D eigenvalue weighted by molar-refractivity contribution is -0.123. The molecule has 192 valence electrons. The number of aryl methyl sites for hydroxylation is 1. The number of imide groups is 1. The number of aromatic nitrogens is 1. The maximum Gasteiger partial charge on any atom is 0.332 e. The Hall–Kier alpha value is -3.86. The predicted octanol–water partition coefficient (Wildman–Crippen LogP) is 5.53. The number of anilines is 2. The first-order valence-electron chi connectivity index (χ1n) is 11.2. The molecule has 11 heteroatoms. The van der Waals surface area contributed by atoms with Crippen molar-refractivity contribution in [2.24, 2.45) is 0 Å². The minimum absolute atomic E-state index is 0.112. The molecule has 0 unspecified atom stereocenters. The van der Waals surface area contributed by atoms with Crippen LogP contribution >= 0.6 is 11.8 Å². The summed E-state index contributed by atoms with van der Waals surface area (Å²) in [5.41, 5.74) is -0.295. The van der Waals surface area contributed by atoms with E-state index in [0.717, 1.165) is 10.5 Å². The van der Waals surface area contributed by atoms with Crippen LogP contribution in [0, 0.1) is 24.4 Å². The Kier molecular flexibility index (Phi) is 7.00. The molecule has 4 rings (SSSR count). The fraction of sp³-hybridized carbons (Fsp3) is 0.231. The summed E-state index contributed by atoms with van der Waals surface area (Å²) in [6.45, 7) is 4.70. The van der Waals surface area contributed by atoms with Gasteiger partial charge in [-0.2, -0.15) is 0 Å². The third kappa shape index (κ3) is 4.78. The Balaban J connectivity index is 1.60. The second-order valence-corrected chi connectivity index (χ2v) is 9.79. The van der Waals surface area contributed by atoms with Gasteiger partial charge in [0.25, 0.3) is 11.8 Å². The van der Waals surface area contributed by atoms with Gasteiger partial charge < -0.3 is 10.2 Å². The number of carbonyl (C=O) groups excluding carboxylic acids is 3. The van der Waals surface area contributed by atoms with Gasteiger partial charge in [-0.05, 0) is 56.9 Å². The highest BCUT2D eigenvalue weighted by Gasteiger charge is 2.52. The van der Waals surface area contributed by atoms with E-state index in [1.54, 1.807) is 30.3 Å². The number of pyridine rings is 1. The zero-order valence-corrected chi connectivity index (χ0v) is 21.3. The molecule has 2 aromatic carbocycles. The summed E-state index contributed by atoms with van der Waals surface area (Å²) in [5, 5.41) is 2.68. The van der Waals surface area contributed by atoms with Gasteiger partial charge >= 0.3 is 6.03 Å². The van der Waals surface area contributed by atoms with E-state index in [0.29, 0.717) is 33.9 Å². The number of amides is 4. The lowest BCUT2D eigenvalue weighted by Gasteiger charge is -2.27. The lowest BCUT2D eigenvalue weighted by Crippen LogP contribution is -2.43. The highest BCUT2D eigenvalue weighted by molar-refractivity contribution is 7.98. The molecule has 0 atom stereocenters. The van der Waals surface area contributed by atoms with E-state index >= 15 is 0 Å². The summed E-state index contributed by atoms with van der Waals surface area (Å²) in [4.78, 5) is 44.1. The topological polar surface area (TPSA) is 82.6 Å². The Morgan fingerprint density at radius 2 is 1.73 bits per heavy atom. The Labute approximate surface area is 215 Å². The number of nitrogens with one attached hydrogen (secondary N) is 1. The quantitative estimate of drug-likeness (QED) is 0.259. The van der Waals surface area contributed by atoms with E-state index in [1.165, 1.54) is 32.4 Å². The fourth-order valence-corrected chi connectivity index (χ4v) is 4.47. The number of nitrogens with zero attached hydrogens (tertiary/aromatic N) is 3. The van der Waals surface area contributed by atoms with Gasteiger partial charge in [0.15, 0.2) is 11.6 Å². The average molecular weight is 529 g/mol. The molecule has 4 amide bonds. The number of halogens is 3. The van der Waals surface area contributed by atoms with Crippen LogP contribution < -0.4 is 10.2 Å². The van der Waals surface area contributed by atoms with Crippen molar-refractivity contribution in [3.05, 3.63) is 82.8 Å². The number of hydrogen-bond acceptors (Lipinski definition) is 5. The number of hydrogen-bond donors (Lipinski definition) is 1. The van der Waals surface area contributed by atoms with E-state index in [1.807, 2.05) is 6.92 Å². The van der Waals surface area contributed by atoms with Crippen LogP contribution in [0.1, 0.15) is 35.3 Å². The third-order valence-electron chi connectivity index (χ3n) is 6.09. The minimum atomic E-state index is -1.49. The highest BCUT2D eigenvalue weighted by Crippen LogP contribution is 2.38. The van der Waals surface area contributed by atoms with Crippen LogP contribution in [0.15, 0.2) is 53.6 Å². The molecule has 37 heavy (non-hydrogen) atoms. The first-order chi connectivity index (χ1) is 17.4. The van der Waals surface area contributed by atoms with Crippen LogP contribution in [0.4, 0.5) is 29.5 Å². The number of rotatable bonds is 6. The van der Waals surface area contributed by atoms with Crippen LogP contribution in [0.2, 0.25) is 0 Å². The van der Waals surface area contributed by atoms with Crippen molar-refractivity contribution in [1.29, 1.82) is 0 Å². The molecule has 2 heterocycles. The largest absolute Gasteiger partial charge is 0.332 e. The predicted molar refractivity (Wildman–Crippen MR) is 134 cm³/mol. The van der Waals surface area contributed by atoms with E-state index in [9.17, 15) is 27.6 Å². The lowest BCUT2D eigenvalue weighted by atomic mass is 10.0. The van der Waals surface area contributed by atoms with Gasteiger partial charge in [-0.1, -0.05) is 17.7 Å². The van der Waals surface area contributed by atoms with Crippen LogP contribution in [-0.2, 0) is 11.3 Å². The Morgan fingerprint density at radius 3 is 2.38 bits per heavy atom. The molecule has 0 spiro atoms. The smallest absolute Gasteiger partial charge is 0.307 e. The zero-order chi connectivity index (χ0) is 27.1. The van der Waals surface area contributed by atoms with Gasteiger partial charge in [0.2, 0.25) is 0 Å².